The van der Waals surface area contributed by atoms with E-state index in [0.29, 0.717) is 0 Å². The van der Waals surface area contributed by atoms with Crippen LogP contribution in [0.25, 0.3) is 0 Å². The topological polar surface area (TPSA) is 38.0 Å². The number of hydrazine groups is 1. The maximum absolute atomic E-state index is 6.13. The van der Waals surface area contributed by atoms with Gasteiger partial charge >= 0.3 is 0 Å². The Bertz CT molecular complexity index is 482. The molecule has 2 nitrogen and oxygen atoms in total. The molecule has 1 atom stereocenters. The highest BCUT2D eigenvalue weighted by Crippen LogP contribution is 2.27. The van der Waals surface area contributed by atoms with Crippen molar-refractivity contribution in [2.45, 2.75) is 19.4 Å². The maximum Gasteiger partial charge on any atom is 0.0511 e. The van der Waals surface area contributed by atoms with Gasteiger partial charge in [0.15, 0.2) is 0 Å². The maximum atomic E-state index is 6.13. The second kappa shape index (κ2) is 5.65. The van der Waals surface area contributed by atoms with Crippen LogP contribution >= 0.6 is 22.9 Å². The van der Waals surface area contributed by atoms with E-state index in [1.54, 1.807) is 11.3 Å². The van der Waals surface area contributed by atoms with Crippen molar-refractivity contribution in [2.24, 2.45) is 5.84 Å². The normalized spacial score (nSPS) is 12.6. The molecule has 1 unspecified atom stereocenters. The Labute approximate surface area is 110 Å². The standard InChI is InChI=1S/C13H15ClN2S/c1-9-11(5-2-6-12(9)14)13(16-15)8-10-4-3-7-17-10/h2-7,13,16H,8,15H2,1H3. The molecule has 4 heteroatoms. The molecule has 0 aliphatic heterocycles. The zero-order valence-corrected chi connectivity index (χ0v) is 11.2. The number of hydrogen-bond donors (Lipinski definition) is 2. The fraction of sp³-hybridized carbons (Fsp3) is 0.231. The van der Waals surface area contributed by atoms with E-state index in [4.69, 9.17) is 17.4 Å². The molecule has 17 heavy (non-hydrogen) atoms. The molecule has 0 aliphatic carbocycles. The summed E-state index contributed by atoms with van der Waals surface area (Å²) in [4.78, 5) is 1.31. The summed E-state index contributed by atoms with van der Waals surface area (Å²) in [6, 6.07) is 10.2. The Balaban J connectivity index is 2.26. The number of benzene rings is 1. The van der Waals surface area contributed by atoms with Gasteiger partial charge < -0.3 is 0 Å². The summed E-state index contributed by atoms with van der Waals surface area (Å²) in [5.74, 6) is 5.65. The third-order valence-corrected chi connectivity index (χ3v) is 4.18. The number of nitrogens with two attached hydrogens (primary N) is 1. The summed E-state index contributed by atoms with van der Waals surface area (Å²) in [6.07, 6.45) is 0.884. The summed E-state index contributed by atoms with van der Waals surface area (Å²) in [5.41, 5.74) is 5.12. The van der Waals surface area contributed by atoms with Crippen LogP contribution in [-0.4, -0.2) is 0 Å². The van der Waals surface area contributed by atoms with Gasteiger partial charge in [-0.2, -0.15) is 0 Å². The predicted octanol–water partition coefficient (Wildman–Crippen LogP) is 3.46. The van der Waals surface area contributed by atoms with Gasteiger partial charge in [0.05, 0.1) is 6.04 Å². The molecule has 0 amide bonds. The molecule has 1 aromatic carbocycles. The molecule has 0 saturated carbocycles. The average Bonchev–Trinajstić information content (AvgIpc) is 2.83. The third-order valence-electron chi connectivity index (χ3n) is 2.87. The molecule has 0 bridgehead atoms. The summed E-state index contributed by atoms with van der Waals surface area (Å²) >= 11 is 7.87. The lowest BCUT2D eigenvalue weighted by atomic mass is 9.99. The molecule has 1 heterocycles. The first-order valence-corrected chi connectivity index (χ1v) is 6.71. The van der Waals surface area contributed by atoms with E-state index >= 15 is 0 Å². The zero-order chi connectivity index (χ0) is 12.3. The monoisotopic (exact) mass is 266 g/mol. The van der Waals surface area contributed by atoms with E-state index in [9.17, 15) is 0 Å². The summed E-state index contributed by atoms with van der Waals surface area (Å²) in [6.45, 7) is 2.02. The van der Waals surface area contributed by atoms with Gasteiger partial charge in [0.25, 0.3) is 0 Å². The van der Waals surface area contributed by atoms with Crippen molar-refractivity contribution in [3.63, 3.8) is 0 Å². The van der Waals surface area contributed by atoms with E-state index in [0.717, 1.165) is 22.6 Å². The highest BCUT2D eigenvalue weighted by Gasteiger charge is 2.14. The fourth-order valence-electron chi connectivity index (χ4n) is 1.89. The first-order chi connectivity index (χ1) is 8.22. The SMILES string of the molecule is Cc1c(Cl)cccc1C(Cc1cccs1)NN. The van der Waals surface area contributed by atoms with Crippen LogP contribution in [0.4, 0.5) is 0 Å². The van der Waals surface area contributed by atoms with E-state index in [1.807, 2.05) is 19.1 Å². The molecule has 0 saturated heterocycles. The van der Waals surface area contributed by atoms with Crippen LogP contribution in [0.2, 0.25) is 5.02 Å². The largest absolute Gasteiger partial charge is 0.271 e. The lowest BCUT2D eigenvalue weighted by molar-refractivity contribution is 0.553. The van der Waals surface area contributed by atoms with E-state index in [-0.39, 0.29) is 6.04 Å². The van der Waals surface area contributed by atoms with Crippen molar-refractivity contribution >= 4 is 22.9 Å². The van der Waals surface area contributed by atoms with Gasteiger partial charge in [-0.25, -0.2) is 0 Å². The smallest absolute Gasteiger partial charge is 0.0511 e. The van der Waals surface area contributed by atoms with Gasteiger partial charge in [0, 0.05) is 16.3 Å². The van der Waals surface area contributed by atoms with Gasteiger partial charge in [-0.1, -0.05) is 29.8 Å². The van der Waals surface area contributed by atoms with Crippen LogP contribution in [0, 0.1) is 6.92 Å². The molecule has 2 aromatic rings. The van der Waals surface area contributed by atoms with Crippen molar-refractivity contribution in [3.05, 3.63) is 56.7 Å². The van der Waals surface area contributed by atoms with Crippen LogP contribution in [-0.2, 0) is 6.42 Å². The first kappa shape index (κ1) is 12.6. The van der Waals surface area contributed by atoms with E-state index < -0.39 is 0 Å². The van der Waals surface area contributed by atoms with Crippen LogP contribution in [0.3, 0.4) is 0 Å². The lowest BCUT2D eigenvalue weighted by Gasteiger charge is -2.18. The Morgan fingerprint density at radius 3 is 2.82 bits per heavy atom. The number of hydrogen-bond acceptors (Lipinski definition) is 3. The molecule has 0 fully saturated rings. The third kappa shape index (κ3) is 2.87. The van der Waals surface area contributed by atoms with Gasteiger partial charge in [0.1, 0.15) is 0 Å². The van der Waals surface area contributed by atoms with Crippen molar-refractivity contribution in [1.82, 2.24) is 5.43 Å². The summed E-state index contributed by atoms with van der Waals surface area (Å²) in [5, 5.41) is 2.86. The molecule has 0 spiro atoms. The minimum absolute atomic E-state index is 0.104. The Hall–Kier alpha value is -0.870. The highest BCUT2D eigenvalue weighted by molar-refractivity contribution is 7.09. The summed E-state index contributed by atoms with van der Waals surface area (Å²) in [7, 11) is 0. The second-order valence-electron chi connectivity index (χ2n) is 3.96. The van der Waals surface area contributed by atoms with Gasteiger partial charge in [-0.05, 0) is 35.6 Å². The zero-order valence-electron chi connectivity index (χ0n) is 9.61. The van der Waals surface area contributed by atoms with Crippen LogP contribution in [0.1, 0.15) is 22.0 Å². The molecule has 0 radical (unpaired) electrons. The van der Waals surface area contributed by atoms with Crippen LogP contribution in [0.5, 0.6) is 0 Å². The number of rotatable bonds is 4. The average molecular weight is 267 g/mol. The van der Waals surface area contributed by atoms with Gasteiger partial charge in [0.2, 0.25) is 0 Å². The molecule has 0 aliphatic rings. The predicted molar refractivity (Wildman–Crippen MR) is 74.3 cm³/mol. The number of thiophene rings is 1. The molecule has 2 rings (SSSR count). The first-order valence-electron chi connectivity index (χ1n) is 5.46. The van der Waals surface area contributed by atoms with Gasteiger partial charge in [-0.3, -0.25) is 11.3 Å². The van der Waals surface area contributed by atoms with Crippen LogP contribution in [0.15, 0.2) is 35.7 Å². The lowest BCUT2D eigenvalue weighted by Crippen LogP contribution is -2.30. The Morgan fingerprint density at radius 2 is 2.18 bits per heavy atom. The highest BCUT2D eigenvalue weighted by atomic mass is 35.5. The van der Waals surface area contributed by atoms with E-state index in [1.165, 1.54) is 4.88 Å². The Kier molecular flexibility index (Phi) is 4.18. The van der Waals surface area contributed by atoms with Crippen molar-refractivity contribution in [3.8, 4) is 0 Å². The Morgan fingerprint density at radius 1 is 1.35 bits per heavy atom. The van der Waals surface area contributed by atoms with Crippen LogP contribution < -0.4 is 11.3 Å². The molecule has 90 valence electrons. The number of halogens is 1. The molecular formula is C13H15ClN2S. The molecule has 3 N–H and O–H groups in total. The quantitative estimate of drug-likeness (QED) is 0.657. The molecule has 1 aromatic heterocycles. The minimum Gasteiger partial charge on any atom is -0.271 e. The molecular weight excluding hydrogens is 252 g/mol. The van der Waals surface area contributed by atoms with Crippen molar-refractivity contribution in [2.75, 3.05) is 0 Å². The van der Waals surface area contributed by atoms with Crippen molar-refractivity contribution < 1.29 is 0 Å². The summed E-state index contributed by atoms with van der Waals surface area (Å²) < 4.78 is 0. The minimum atomic E-state index is 0.104. The fourth-order valence-corrected chi connectivity index (χ4v) is 2.82. The van der Waals surface area contributed by atoms with E-state index in [2.05, 4.69) is 29.0 Å². The van der Waals surface area contributed by atoms with Crippen molar-refractivity contribution in [1.29, 1.82) is 0 Å². The second-order valence-corrected chi connectivity index (χ2v) is 5.40. The van der Waals surface area contributed by atoms with Gasteiger partial charge in [-0.15, -0.1) is 11.3 Å². The number of nitrogens with one attached hydrogen (secondary N) is 1.